The predicted octanol–water partition coefficient (Wildman–Crippen LogP) is 7.71. The second kappa shape index (κ2) is 25.9. The van der Waals surface area contributed by atoms with Crippen molar-refractivity contribution in [2.24, 2.45) is 11.8 Å². The number of imidazole rings is 2. The molecule has 2 aromatic carbocycles. The first-order valence-electron chi connectivity index (χ1n) is 27.7. The first-order valence-corrected chi connectivity index (χ1v) is 27.7. The Balaban J connectivity index is 0.737. The van der Waals surface area contributed by atoms with Gasteiger partial charge in [-0.1, -0.05) is 56.2 Å². The Hall–Kier alpha value is -6.20. The number of aliphatic hydroxyl groups is 2. The van der Waals surface area contributed by atoms with Crippen molar-refractivity contribution in [3.8, 4) is 0 Å². The number of fused-ring (bicyclic) bond motifs is 6. The lowest BCUT2D eigenvalue weighted by Crippen LogP contribution is -2.41. The number of nitrogens with one attached hydrogen (secondary N) is 2. The molecule has 21 nitrogen and oxygen atoms in total. The zero-order valence-corrected chi connectivity index (χ0v) is 46.9. The van der Waals surface area contributed by atoms with Gasteiger partial charge in [0.2, 0.25) is 0 Å². The summed E-state index contributed by atoms with van der Waals surface area (Å²) < 4.78 is 44.9. The Morgan fingerprint density at radius 1 is 0.595 bits per heavy atom. The molecule has 2 saturated carbocycles. The maximum Gasteiger partial charge on any atom is 0.332 e. The molecule has 4 unspecified atom stereocenters. The highest BCUT2D eigenvalue weighted by Gasteiger charge is 2.34. The minimum absolute atomic E-state index is 0.0718. The van der Waals surface area contributed by atoms with Crippen molar-refractivity contribution in [2.75, 3.05) is 56.9 Å². The number of para-hydroxylation sites is 2. The summed E-state index contributed by atoms with van der Waals surface area (Å²) >= 11 is 0. The topological polar surface area (TPSA) is 259 Å². The Morgan fingerprint density at radius 2 is 1.04 bits per heavy atom. The molecule has 0 radical (unpaired) electrons. The van der Waals surface area contributed by atoms with Gasteiger partial charge in [-0.3, -0.25) is 9.59 Å². The number of aromatic nitrogens is 6. The molecule has 4 aromatic heterocycles. The summed E-state index contributed by atoms with van der Waals surface area (Å²) in [6.07, 6.45) is 6.98. The molecule has 8 rings (SSSR count). The standard InChI is InChI=1S/C58H78N8O13/c1-9-44-61-50-52(65(44)34-56(3,4)71)40-21-11-13-23-42(40)59-54(50)63-46(67)30-74-32-48(69)76-27-36-17-15-19-38(25-36)78-58(7,8)79-39-20-16-18-37(26-39)28-77-49(70)33-75-31-47(68)64-55-51-53(41-22-12-14-24-43(41)60-55)66(35-57(5,6)72)45(62-51)29-73-10-2/h11-14,21-24,36-39,71-72H,9-10,15-20,25-35H2,1-8H3,(H,59,63,67)(H,60,64,68). The molecule has 6 aromatic rings. The highest BCUT2D eigenvalue weighted by Crippen LogP contribution is 2.36. The van der Waals surface area contributed by atoms with Crippen LogP contribution < -0.4 is 10.6 Å². The number of benzene rings is 2. The van der Waals surface area contributed by atoms with E-state index >= 15 is 0 Å². The number of esters is 2. The average molecular weight is 1100 g/mol. The SMILES string of the molecule is CCOCc1nc2c(NC(=O)COCC(=O)OCC3CCCC(OC(C)(C)OC4CCCC(COC(=O)COCC(=O)Nc5nc6ccccc6c6c5nc(CC)n6CC(C)(C)O)C4)C3)nc3ccccc3c2n1CC(C)(C)O. The van der Waals surface area contributed by atoms with Gasteiger partial charge in [-0.25, -0.2) is 29.5 Å². The summed E-state index contributed by atoms with van der Waals surface area (Å²) in [5.74, 6) is -1.10. The lowest BCUT2D eigenvalue weighted by atomic mass is 9.87. The van der Waals surface area contributed by atoms with Crippen molar-refractivity contribution in [2.45, 2.75) is 162 Å². The van der Waals surface area contributed by atoms with E-state index < -0.39 is 67.2 Å². The molecular weight excluding hydrogens is 1020 g/mol. The summed E-state index contributed by atoms with van der Waals surface area (Å²) in [5.41, 5.74) is 1.62. The normalized spacial score (nSPS) is 18.4. The monoisotopic (exact) mass is 1090 g/mol. The van der Waals surface area contributed by atoms with E-state index in [1.54, 1.807) is 27.7 Å². The van der Waals surface area contributed by atoms with Crippen molar-refractivity contribution in [1.82, 2.24) is 29.1 Å². The van der Waals surface area contributed by atoms with Gasteiger partial charge in [0.15, 0.2) is 17.4 Å². The van der Waals surface area contributed by atoms with Crippen LogP contribution in [0.2, 0.25) is 0 Å². The molecule has 0 saturated heterocycles. The minimum Gasteiger partial charge on any atom is -0.464 e. The summed E-state index contributed by atoms with van der Waals surface area (Å²) in [6.45, 7) is 14.6. The summed E-state index contributed by atoms with van der Waals surface area (Å²) in [4.78, 5) is 70.9. The van der Waals surface area contributed by atoms with Crippen LogP contribution in [-0.4, -0.2) is 138 Å². The molecule has 428 valence electrons. The summed E-state index contributed by atoms with van der Waals surface area (Å²) in [5, 5.41) is 28.8. The van der Waals surface area contributed by atoms with Crippen LogP contribution in [-0.2, 0) is 78.5 Å². The van der Waals surface area contributed by atoms with Crippen LogP contribution in [0.25, 0.3) is 43.9 Å². The fraction of sp³-hybridized carbons (Fsp3) is 0.586. The number of carbonyl (C=O) groups excluding carboxylic acids is 4. The molecule has 2 aliphatic rings. The maximum absolute atomic E-state index is 13.2. The van der Waals surface area contributed by atoms with Gasteiger partial charge in [0.05, 0.1) is 71.8 Å². The van der Waals surface area contributed by atoms with Crippen LogP contribution >= 0.6 is 0 Å². The van der Waals surface area contributed by atoms with Crippen LogP contribution in [0.1, 0.15) is 118 Å². The predicted molar refractivity (Wildman–Crippen MR) is 296 cm³/mol. The minimum atomic E-state index is -1.07. The molecule has 4 N–H and O–H groups in total. The molecule has 2 aliphatic carbocycles. The molecular formula is C58H78N8O13. The molecule has 2 fully saturated rings. The number of anilines is 2. The van der Waals surface area contributed by atoms with Gasteiger partial charge in [0.25, 0.3) is 11.8 Å². The highest BCUT2D eigenvalue weighted by atomic mass is 16.7. The average Bonchev–Trinajstić information content (AvgIpc) is 3.96. The van der Waals surface area contributed by atoms with Crippen molar-refractivity contribution in [1.29, 1.82) is 0 Å². The number of rotatable bonds is 26. The number of hydrogen-bond donors (Lipinski definition) is 4. The molecule has 2 amide bonds. The van der Waals surface area contributed by atoms with Crippen LogP contribution in [0.5, 0.6) is 0 Å². The van der Waals surface area contributed by atoms with Gasteiger partial charge in [-0.2, -0.15) is 0 Å². The zero-order chi connectivity index (χ0) is 56.5. The number of hydrogen-bond acceptors (Lipinski definition) is 17. The summed E-state index contributed by atoms with van der Waals surface area (Å²) in [6, 6.07) is 15.1. The van der Waals surface area contributed by atoms with Crippen LogP contribution in [0.4, 0.5) is 11.6 Å². The number of ether oxygens (including phenoxy) is 7. The number of nitrogens with zero attached hydrogens (tertiary/aromatic N) is 6. The lowest BCUT2D eigenvalue weighted by molar-refractivity contribution is -0.269. The van der Waals surface area contributed by atoms with E-state index in [1.165, 1.54) is 0 Å². The maximum atomic E-state index is 13.2. The first kappa shape index (κ1) is 58.9. The molecule has 21 heteroatoms. The Kier molecular flexibility index (Phi) is 19.3. The van der Waals surface area contributed by atoms with Crippen molar-refractivity contribution in [3.05, 3.63) is 60.2 Å². The molecule has 4 heterocycles. The van der Waals surface area contributed by atoms with Crippen molar-refractivity contribution < 1.29 is 62.5 Å². The van der Waals surface area contributed by atoms with E-state index in [0.717, 1.165) is 60.6 Å². The van der Waals surface area contributed by atoms with Crippen LogP contribution in [0, 0.1) is 11.8 Å². The highest BCUT2D eigenvalue weighted by molar-refractivity contribution is 6.11. The zero-order valence-electron chi connectivity index (χ0n) is 46.9. The lowest BCUT2D eigenvalue weighted by Gasteiger charge is -2.39. The van der Waals surface area contributed by atoms with E-state index in [4.69, 9.17) is 53.1 Å². The van der Waals surface area contributed by atoms with Crippen molar-refractivity contribution in [3.63, 3.8) is 0 Å². The number of pyridine rings is 2. The van der Waals surface area contributed by atoms with Gasteiger partial charge < -0.3 is 63.1 Å². The smallest absolute Gasteiger partial charge is 0.332 e. The van der Waals surface area contributed by atoms with E-state index in [-0.39, 0.29) is 62.0 Å². The van der Waals surface area contributed by atoms with Crippen molar-refractivity contribution >= 4 is 79.3 Å². The third-order valence-electron chi connectivity index (χ3n) is 13.9. The van der Waals surface area contributed by atoms with Crippen LogP contribution in [0.15, 0.2) is 48.5 Å². The third-order valence-corrected chi connectivity index (χ3v) is 13.9. The van der Waals surface area contributed by atoms with E-state index in [0.29, 0.717) is 65.8 Å². The molecule has 0 aliphatic heterocycles. The number of carbonyl (C=O) groups is 4. The molecule has 4 atom stereocenters. The summed E-state index contributed by atoms with van der Waals surface area (Å²) in [7, 11) is 0. The second-order valence-electron chi connectivity index (χ2n) is 22.6. The van der Waals surface area contributed by atoms with Gasteiger partial charge >= 0.3 is 11.9 Å². The quantitative estimate of drug-likeness (QED) is 0.0299. The molecule has 79 heavy (non-hydrogen) atoms. The third kappa shape index (κ3) is 16.0. The molecule has 0 bridgehead atoms. The Bertz CT molecular complexity index is 3100. The Labute approximate surface area is 460 Å². The van der Waals surface area contributed by atoms with Gasteiger partial charge in [-0.15, -0.1) is 0 Å². The van der Waals surface area contributed by atoms with E-state index in [9.17, 15) is 29.4 Å². The fourth-order valence-electron chi connectivity index (χ4n) is 10.8. The Morgan fingerprint density at radius 3 is 1.48 bits per heavy atom. The fourth-order valence-corrected chi connectivity index (χ4v) is 10.8. The molecule has 0 spiro atoms. The first-order chi connectivity index (χ1) is 37.7. The van der Waals surface area contributed by atoms with E-state index in [2.05, 4.69) is 10.6 Å². The number of amides is 2. The number of aryl methyl sites for hydroxylation is 1. The van der Waals surface area contributed by atoms with E-state index in [1.807, 2.05) is 85.4 Å². The second-order valence-corrected chi connectivity index (χ2v) is 22.6. The van der Waals surface area contributed by atoms with Crippen LogP contribution in [0.3, 0.4) is 0 Å². The van der Waals surface area contributed by atoms with Gasteiger partial charge in [0.1, 0.15) is 55.7 Å². The largest absolute Gasteiger partial charge is 0.464 e. The van der Waals surface area contributed by atoms with Gasteiger partial charge in [-0.05, 0) is 111 Å². The van der Waals surface area contributed by atoms with Gasteiger partial charge in [0, 0.05) is 23.8 Å².